The predicted octanol–water partition coefficient (Wildman–Crippen LogP) is 3.16. The van der Waals surface area contributed by atoms with Crippen LogP contribution in [0.4, 0.5) is 10.5 Å². The summed E-state index contributed by atoms with van der Waals surface area (Å²) in [4.78, 5) is 24.5. The smallest absolute Gasteiger partial charge is 0.335 e. The molecule has 1 aromatic rings. The van der Waals surface area contributed by atoms with E-state index in [0.717, 1.165) is 6.42 Å². The predicted molar refractivity (Wildman–Crippen MR) is 77.3 cm³/mol. The van der Waals surface area contributed by atoms with Crippen LogP contribution in [-0.4, -0.2) is 35.6 Å². The maximum Gasteiger partial charge on any atom is 0.335 e. The van der Waals surface area contributed by atoms with Gasteiger partial charge in [-0.2, -0.15) is 0 Å². The summed E-state index contributed by atoms with van der Waals surface area (Å²) in [7, 11) is 1.72. The van der Waals surface area contributed by atoms with Crippen LogP contribution in [0.2, 0.25) is 5.02 Å². The average molecular weight is 297 g/mol. The number of hydrogen-bond donors (Lipinski definition) is 2. The second kappa shape index (κ2) is 5.71. The monoisotopic (exact) mass is 296 g/mol. The molecule has 1 aliphatic rings. The standard InChI is InChI=1S/C14H17ClN2O3/c1-8-5-10(8)7-17(2)14(20)16-12-6-9(13(18)19)3-4-11(12)15/h3-4,6,8,10H,5,7H2,1-2H3,(H,16,20)(H,18,19). The fourth-order valence-corrected chi connectivity index (χ4v) is 2.22. The van der Waals surface area contributed by atoms with E-state index in [1.54, 1.807) is 11.9 Å². The molecule has 1 saturated carbocycles. The van der Waals surface area contributed by atoms with E-state index < -0.39 is 5.97 Å². The van der Waals surface area contributed by atoms with Gasteiger partial charge < -0.3 is 15.3 Å². The molecule has 0 heterocycles. The molecule has 1 fully saturated rings. The average Bonchev–Trinajstić information content (AvgIpc) is 3.07. The summed E-state index contributed by atoms with van der Waals surface area (Å²) in [6.45, 7) is 2.85. The summed E-state index contributed by atoms with van der Waals surface area (Å²) in [5.41, 5.74) is 0.399. The highest BCUT2D eigenvalue weighted by molar-refractivity contribution is 6.33. The second-order valence-electron chi connectivity index (χ2n) is 5.28. The number of halogens is 1. The Morgan fingerprint density at radius 1 is 1.50 bits per heavy atom. The number of aromatic carboxylic acids is 1. The number of urea groups is 1. The SMILES string of the molecule is CC1CC1CN(C)C(=O)Nc1cc(C(=O)O)ccc1Cl. The molecular weight excluding hydrogens is 280 g/mol. The first-order valence-corrected chi connectivity index (χ1v) is 6.81. The molecule has 1 aromatic carbocycles. The van der Waals surface area contributed by atoms with Crippen molar-refractivity contribution >= 4 is 29.3 Å². The van der Waals surface area contributed by atoms with Crippen LogP contribution in [0.3, 0.4) is 0 Å². The Bertz CT molecular complexity index is 547. The zero-order valence-electron chi connectivity index (χ0n) is 11.4. The number of hydrogen-bond acceptors (Lipinski definition) is 2. The zero-order valence-corrected chi connectivity index (χ0v) is 12.1. The summed E-state index contributed by atoms with van der Waals surface area (Å²) in [6, 6.07) is 3.93. The second-order valence-corrected chi connectivity index (χ2v) is 5.69. The van der Waals surface area contributed by atoms with Crippen molar-refractivity contribution in [1.29, 1.82) is 0 Å². The summed E-state index contributed by atoms with van der Waals surface area (Å²) in [6.07, 6.45) is 1.15. The quantitative estimate of drug-likeness (QED) is 0.896. The number of carboxylic acids is 1. The topological polar surface area (TPSA) is 69.6 Å². The summed E-state index contributed by atoms with van der Waals surface area (Å²) in [5.74, 6) is 0.174. The minimum Gasteiger partial charge on any atom is -0.478 e. The van der Waals surface area contributed by atoms with Crippen LogP contribution in [-0.2, 0) is 0 Å². The zero-order chi connectivity index (χ0) is 14.9. The first-order chi connectivity index (χ1) is 9.38. The van der Waals surface area contributed by atoms with Gasteiger partial charge in [0.15, 0.2) is 0 Å². The van der Waals surface area contributed by atoms with Crippen LogP contribution in [0.25, 0.3) is 0 Å². The number of amides is 2. The van der Waals surface area contributed by atoms with E-state index in [0.29, 0.717) is 29.1 Å². The van der Waals surface area contributed by atoms with Crippen molar-refractivity contribution in [3.63, 3.8) is 0 Å². The van der Waals surface area contributed by atoms with E-state index in [9.17, 15) is 9.59 Å². The number of benzene rings is 1. The normalized spacial score (nSPS) is 20.4. The molecular formula is C14H17ClN2O3. The molecule has 2 unspecified atom stereocenters. The minimum absolute atomic E-state index is 0.0863. The van der Waals surface area contributed by atoms with Gasteiger partial charge in [0, 0.05) is 13.6 Å². The molecule has 0 radical (unpaired) electrons. The Labute approximate surface area is 122 Å². The van der Waals surface area contributed by atoms with Crippen LogP contribution >= 0.6 is 11.6 Å². The van der Waals surface area contributed by atoms with Crippen molar-refractivity contribution in [2.75, 3.05) is 18.9 Å². The molecule has 6 heteroatoms. The molecule has 0 spiro atoms. The van der Waals surface area contributed by atoms with E-state index in [1.165, 1.54) is 18.2 Å². The van der Waals surface area contributed by atoms with Gasteiger partial charge in [0.1, 0.15) is 0 Å². The molecule has 1 aliphatic carbocycles. The fourth-order valence-electron chi connectivity index (χ4n) is 2.05. The molecule has 2 atom stereocenters. The molecule has 5 nitrogen and oxygen atoms in total. The lowest BCUT2D eigenvalue weighted by atomic mass is 10.2. The van der Waals surface area contributed by atoms with Crippen LogP contribution < -0.4 is 5.32 Å². The van der Waals surface area contributed by atoms with Crippen molar-refractivity contribution < 1.29 is 14.7 Å². The summed E-state index contributed by atoms with van der Waals surface area (Å²) < 4.78 is 0. The van der Waals surface area contributed by atoms with Gasteiger partial charge in [0.25, 0.3) is 0 Å². The lowest BCUT2D eigenvalue weighted by Gasteiger charge is -2.18. The number of carbonyl (C=O) groups is 2. The van der Waals surface area contributed by atoms with E-state index >= 15 is 0 Å². The lowest BCUT2D eigenvalue weighted by Crippen LogP contribution is -2.33. The molecule has 2 amide bonds. The Morgan fingerprint density at radius 2 is 2.15 bits per heavy atom. The highest BCUT2D eigenvalue weighted by Crippen LogP contribution is 2.38. The van der Waals surface area contributed by atoms with Crippen molar-refractivity contribution in [2.24, 2.45) is 11.8 Å². The summed E-state index contributed by atoms with van der Waals surface area (Å²) >= 11 is 5.96. The highest BCUT2D eigenvalue weighted by atomic mass is 35.5. The molecule has 0 saturated heterocycles. The van der Waals surface area contributed by atoms with Gasteiger partial charge in [-0.1, -0.05) is 18.5 Å². The van der Waals surface area contributed by atoms with Gasteiger partial charge in [-0.05, 0) is 36.5 Å². The molecule has 2 rings (SSSR count). The number of anilines is 1. The van der Waals surface area contributed by atoms with Gasteiger partial charge in [0.2, 0.25) is 0 Å². The fraction of sp³-hybridized carbons (Fsp3) is 0.429. The van der Waals surface area contributed by atoms with Crippen molar-refractivity contribution in [2.45, 2.75) is 13.3 Å². The molecule has 20 heavy (non-hydrogen) atoms. The number of carboxylic acid groups (broad SMARTS) is 1. The third-order valence-electron chi connectivity index (χ3n) is 3.59. The largest absolute Gasteiger partial charge is 0.478 e. The highest BCUT2D eigenvalue weighted by Gasteiger charge is 2.34. The Hall–Kier alpha value is -1.75. The molecule has 0 aromatic heterocycles. The number of nitrogens with one attached hydrogen (secondary N) is 1. The molecule has 108 valence electrons. The van der Waals surface area contributed by atoms with Crippen LogP contribution in [0.5, 0.6) is 0 Å². The summed E-state index contributed by atoms with van der Waals surface area (Å²) in [5, 5.41) is 11.9. The van der Waals surface area contributed by atoms with Gasteiger partial charge in [0.05, 0.1) is 16.3 Å². The first-order valence-electron chi connectivity index (χ1n) is 6.43. The molecule has 2 N–H and O–H groups in total. The molecule has 0 bridgehead atoms. The van der Waals surface area contributed by atoms with Crippen LogP contribution in [0.1, 0.15) is 23.7 Å². The Kier molecular flexibility index (Phi) is 4.18. The van der Waals surface area contributed by atoms with Gasteiger partial charge in [-0.25, -0.2) is 9.59 Å². The van der Waals surface area contributed by atoms with Crippen molar-refractivity contribution in [3.8, 4) is 0 Å². The lowest BCUT2D eigenvalue weighted by molar-refractivity contribution is 0.0697. The number of nitrogens with zero attached hydrogens (tertiary/aromatic N) is 1. The Morgan fingerprint density at radius 3 is 2.70 bits per heavy atom. The van der Waals surface area contributed by atoms with Crippen molar-refractivity contribution in [1.82, 2.24) is 4.90 Å². The van der Waals surface area contributed by atoms with Gasteiger partial charge >= 0.3 is 12.0 Å². The van der Waals surface area contributed by atoms with E-state index in [2.05, 4.69) is 12.2 Å². The minimum atomic E-state index is -1.06. The Balaban J connectivity index is 2.02. The van der Waals surface area contributed by atoms with Crippen molar-refractivity contribution in [3.05, 3.63) is 28.8 Å². The van der Waals surface area contributed by atoms with E-state index in [-0.39, 0.29) is 11.6 Å². The third-order valence-corrected chi connectivity index (χ3v) is 3.92. The molecule has 0 aliphatic heterocycles. The van der Waals surface area contributed by atoms with Gasteiger partial charge in [-0.15, -0.1) is 0 Å². The van der Waals surface area contributed by atoms with E-state index in [4.69, 9.17) is 16.7 Å². The third kappa shape index (κ3) is 3.42. The van der Waals surface area contributed by atoms with Crippen LogP contribution in [0.15, 0.2) is 18.2 Å². The first kappa shape index (κ1) is 14.7. The van der Waals surface area contributed by atoms with E-state index in [1.807, 2.05) is 0 Å². The van der Waals surface area contributed by atoms with Gasteiger partial charge in [-0.3, -0.25) is 0 Å². The maximum atomic E-state index is 12.0. The number of carbonyl (C=O) groups excluding carboxylic acids is 1. The van der Waals surface area contributed by atoms with Crippen LogP contribution in [0, 0.1) is 11.8 Å². The number of rotatable bonds is 4. The maximum absolute atomic E-state index is 12.0.